The van der Waals surface area contributed by atoms with Gasteiger partial charge in [-0.2, -0.15) is 0 Å². The Labute approximate surface area is 183 Å². The van der Waals surface area contributed by atoms with E-state index in [2.05, 4.69) is 82.5 Å². The second-order valence-electron chi connectivity index (χ2n) is 7.34. The van der Waals surface area contributed by atoms with Gasteiger partial charge in [-0.25, -0.2) is 0 Å². The van der Waals surface area contributed by atoms with Crippen LogP contribution in [0.15, 0.2) is 59.8 Å². The van der Waals surface area contributed by atoms with Crippen LogP contribution in [0.5, 0.6) is 0 Å². The second kappa shape index (κ2) is 11.6. The normalized spacial score (nSPS) is 10.9. The molecular formula is C24H30N4OS. The van der Waals surface area contributed by atoms with E-state index >= 15 is 0 Å². The summed E-state index contributed by atoms with van der Waals surface area (Å²) in [6, 6.07) is 18.7. The number of hydrogen-bond acceptors (Lipinski definition) is 4. The lowest BCUT2D eigenvalue weighted by Gasteiger charge is -2.13. The first-order valence-electron chi connectivity index (χ1n) is 10.6. The second-order valence-corrected chi connectivity index (χ2v) is 8.40. The van der Waals surface area contributed by atoms with Gasteiger partial charge < -0.3 is 5.32 Å². The number of aromatic nitrogens is 3. The Morgan fingerprint density at radius 1 is 1.03 bits per heavy atom. The molecule has 0 aliphatic rings. The Balaban J connectivity index is 1.68. The number of carbonyl (C=O) groups excluding carboxylic acids is 1. The van der Waals surface area contributed by atoms with Crippen molar-refractivity contribution in [2.75, 3.05) is 12.3 Å². The zero-order valence-electron chi connectivity index (χ0n) is 17.8. The van der Waals surface area contributed by atoms with E-state index in [1.165, 1.54) is 11.1 Å². The molecule has 0 unspecified atom stereocenters. The predicted molar refractivity (Wildman–Crippen MR) is 123 cm³/mol. The largest absolute Gasteiger partial charge is 0.356 e. The molecule has 1 aromatic heterocycles. The highest BCUT2D eigenvalue weighted by Crippen LogP contribution is 2.26. The first-order valence-corrected chi connectivity index (χ1v) is 11.6. The minimum Gasteiger partial charge on any atom is -0.356 e. The van der Waals surface area contributed by atoms with Gasteiger partial charge in [-0.1, -0.05) is 67.2 Å². The standard InChI is InChI=1S/C24H30N4OS/c1-3-16-25-23(29)15-9-10-17-30-24-27-26-22(18-20-12-5-4-6-13-20)28(24)21-14-8-7-11-19(21)2/h4-8,11-14H,3,9-10,15-18H2,1-2H3,(H,25,29). The summed E-state index contributed by atoms with van der Waals surface area (Å²) in [5.74, 6) is 2.00. The number of para-hydroxylation sites is 1. The lowest BCUT2D eigenvalue weighted by Crippen LogP contribution is -2.23. The fourth-order valence-electron chi connectivity index (χ4n) is 3.25. The van der Waals surface area contributed by atoms with Gasteiger partial charge in [0.15, 0.2) is 5.16 Å². The Hall–Kier alpha value is -2.60. The van der Waals surface area contributed by atoms with Crippen molar-refractivity contribution < 1.29 is 4.79 Å². The number of benzene rings is 2. The number of hydrogen-bond donors (Lipinski definition) is 1. The lowest BCUT2D eigenvalue weighted by molar-refractivity contribution is -0.121. The van der Waals surface area contributed by atoms with Gasteiger partial charge in [0.05, 0.1) is 5.69 Å². The van der Waals surface area contributed by atoms with E-state index in [9.17, 15) is 4.79 Å². The molecule has 6 heteroatoms. The highest BCUT2D eigenvalue weighted by Gasteiger charge is 2.16. The molecule has 0 aliphatic carbocycles. The third-order valence-electron chi connectivity index (χ3n) is 4.86. The summed E-state index contributed by atoms with van der Waals surface area (Å²) >= 11 is 1.71. The molecule has 0 aliphatic heterocycles. The summed E-state index contributed by atoms with van der Waals surface area (Å²) in [6.45, 7) is 4.94. The Morgan fingerprint density at radius 3 is 2.57 bits per heavy atom. The van der Waals surface area contributed by atoms with Crippen LogP contribution in [0.25, 0.3) is 5.69 Å². The Bertz CT molecular complexity index is 939. The fraction of sp³-hybridized carbons (Fsp3) is 0.375. The minimum absolute atomic E-state index is 0.148. The average Bonchev–Trinajstić information content (AvgIpc) is 3.15. The molecule has 158 valence electrons. The van der Waals surface area contributed by atoms with Crippen LogP contribution in [0.2, 0.25) is 0 Å². The quantitative estimate of drug-likeness (QED) is 0.351. The molecule has 30 heavy (non-hydrogen) atoms. The van der Waals surface area contributed by atoms with Crippen LogP contribution >= 0.6 is 11.8 Å². The monoisotopic (exact) mass is 422 g/mol. The number of rotatable bonds is 11. The van der Waals surface area contributed by atoms with Crippen LogP contribution < -0.4 is 5.32 Å². The lowest BCUT2D eigenvalue weighted by atomic mass is 10.1. The van der Waals surface area contributed by atoms with Crippen molar-refractivity contribution in [3.63, 3.8) is 0 Å². The topological polar surface area (TPSA) is 59.8 Å². The number of thioether (sulfide) groups is 1. The maximum atomic E-state index is 11.7. The van der Waals surface area contributed by atoms with Gasteiger partial charge in [0.25, 0.3) is 0 Å². The van der Waals surface area contributed by atoms with Gasteiger partial charge in [-0.05, 0) is 43.4 Å². The van der Waals surface area contributed by atoms with Crippen LogP contribution in [-0.4, -0.2) is 33.0 Å². The van der Waals surface area contributed by atoms with Gasteiger partial charge >= 0.3 is 0 Å². The van der Waals surface area contributed by atoms with Crippen molar-refractivity contribution >= 4 is 17.7 Å². The van der Waals surface area contributed by atoms with Gasteiger partial charge in [-0.3, -0.25) is 9.36 Å². The number of nitrogens with one attached hydrogen (secondary N) is 1. The zero-order chi connectivity index (χ0) is 21.2. The Morgan fingerprint density at radius 2 is 1.80 bits per heavy atom. The minimum atomic E-state index is 0.148. The molecule has 1 amide bonds. The van der Waals surface area contributed by atoms with Crippen LogP contribution in [0.1, 0.15) is 49.6 Å². The smallest absolute Gasteiger partial charge is 0.219 e. The first kappa shape index (κ1) is 22.1. The summed E-state index contributed by atoms with van der Waals surface area (Å²) in [4.78, 5) is 11.7. The molecule has 3 aromatic rings. The molecular weight excluding hydrogens is 392 g/mol. The SMILES string of the molecule is CCCNC(=O)CCCCSc1nnc(Cc2ccccc2)n1-c1ccccc1C. The van der Waals surface area contributed by atoms with Crippen molar-refractivity contribution in [2.45, 2.75) is 51.1 Å². The predicted octanol–water partition coefficient (Wildman–Crippen LogP) is 4.96. The van der Waals surface area contributed by atoms with E-state index in [0.29, 0.717) is 6.42 Å². The summed E-state index contributed by atoms with van der Waals surface area (Å²) in [5.41, 5.74) is 3.53. The summed E-state index contributed by atoms with van der Waals surface area (Å²) < 4.78 is 2.18. The molecule has 0 saturated heterocycles. The van der Waals surface area contributed by atoms with Crippen molar-refractivity contribution in [1.82, 2.24) is 20.1 Å². The maximum absolute atomic E-state index is 11.7. The third-order valence-corrected chi connectivity index (χ3v) is 5.88. The van der Waals surface area contributed by atoms with Crippen molar-refractivity contribution in [3.05, 3.63) is 71.5 Å². The number of carbonyl (C=O) groups is 1. The van der Waals surface area contributed by atoms with E-state index < -0.39 is 0 Å². The van der Waals surface area contributed by atoms with Crippen molar-refractivity contribution in [3.8, 4) is 5.69 Å². The van der Waals surface area contributed by atoms with Crippen molar-refractivity contribution in [2.24, 2.45) is 0 Å². The van der Waals surface area contributed by atoms with E-state index in [-0.39, 0.29) is 5.91 Å². The highest BCUT2D eigenvalue weighted by atomic mass is 32.2. The van der Waals surface area contributed by atoms with E-state index in [1.54, 1.807) is 11.8 Å². The van der Waals surface area contributed by atoms with Gasteiger partial charge in [0, 0.05) is 25.1 Å². The summed E-state index contributed by atoms with van der Waals surface area (Å²) in [5, 5.41) is 12.9. The molecule has 1 N–H and O–H groups in total. The molecule has 1 heterocycles. The molecule has 0 saturated carbocycles. The molecule has 0 spiro atoms. The van der Waals surface area contributed by atoms with E-state index in [1.807, 2.05) is 6.07 Å². The van der Waals surface area contributed by atoms with Gasteiger partial charge in [-0.15, -0.1) is 10.2 Å². The van der Waals surface area contributed by atoms with Crippen LogP contribution in [0.3, 0.4) is 0 Å². The fourth-order valence-corrected chi connectivity index (χ4v) is 4.21. The van der Waals surface area contributed by atoms with E-state index in [4.69, 9.17) is 0 Å². The average molecular weight is 423 g/mol. The van der Waals surface area contributed by atoms with Crippen LogP contribution in [-0.2, 0) is 11.2 Å². The molecule has 0 bridgehead atoms. The van der Waals surface area contributed by atoms with Crippen molar-refractivity contribution in [1.29, 1.82) is 0 Å². The number of nitrogens with zero attached hydrogens (tertiary/aromatic N) is 3. The zero-order valence-corrected chi connectivity index (χ0v) is 18.6. The number of aryl methyl sites for hydroxylation is 1. The number of amides is 1. The van der Waals surface area contributed by atoms with Crippen LogP contribution in [0.4, 0.5) is 0 Å². The van der Waals surface area contributed by atoms with Gasteiger partial charge in [0.1, 0.15) is 5.82 Å². The number of unbranched alkanes of at least 4 members (excludes halogenated alkanes) is 1. The first-order chi connectivity index (χ1) is 14.7. The molecule has 3 rings (SSSR count). The molecule has 2 aromatic carbocycles. The highest BCUT2D eigenvalue weighted by molar-refractivity contribution is 7.99. The Kier molecular flexibility index (Phi) is 8.51. The van der Waals surface area contributed by atoms with E-state index in [0.717, 1.165) is 54.6 Å². The molecule has 0 radical (unpaired) electrons. The maximum Gasteiger partial charge on any atom is 0.219 e. The van der Waals surface area contributed by atoms with Gasteiger partial charge in [0.2, 0.25) is 5.91 Å². The third kappa shape index (κ3) is 6.20. The molecule has 0 fully saturated rings. The van der Waals surface area contributed by atoms with Crippen LogP contribution in [0, 0.1) is 6.92 Å². The summed E-state index contributed by atoms with van der Waals surface area (Å²) in [7, 11) is 0. The summed E-state index contributed by atoms with van der Waals surface area (Å²) in [6.07, 6.45) is 4.16. The molecule has 0 atom stereocenters. The molecule has 5 nitrogen and oxygen atoms in total.